The number of carbonyl (C=O) groups is 1. The molecule has 1 aromatic rings. The fourth-order valence-corrected chi connectivity index (χ4v) is 3.92. The van der Waals surface area contributed by atoms with Crippen LogP contribution in [0.25, 0.3) is 0 Å². The molecule has 0 spiro atoms. The molecule has 0 bridgehead atoms. The van der Waals surface area contributed by atoms with E-state index < -0.39 is 10.0 Å². The summed E-state index contributed by atoms with van der Waals surface area (Å²) in [5.41, 5.74) is 0.582. The van der Waals surface area contributed by atoms with E-state index in [1.807, 2.05) is 0 Å². The Hall–Kier alpha value is -1.60. The quantitative estimate of drug-likeness (QED) is 0.885. The van der Waals surface area contributed by atoms with Gasteiger partial charge in [-0.15, -0.1) is 0 Å². The minimum atomic E-state index is -3.71. The molecule has 1 aliphatic rings. The number of ether oxygens (including phenoxy) is 1. The predicted molar refractivity (Wildman–Crippen MR) is 88.0 cm³/mol. The first kappa shape index (κ1) is 17.7. The zero-order valence-electron chi connectivity index (χ0n) is 13.7. The molecule has 1 heterocycles. The first-order valence-corrected chi connectivity index (χ1v) is 9.34. The second-order valence-electron chi connectivity index (χ2n) is 5.75. The second kappa shape index (κ2) is 7.79. The lowest BCUT2D eigenvalue weighted by Crippen LogP contribution is -2.40. The number of sulfonamides is 1. The van der Waals surface area contributed by atoms with Crippen LogP contribution in [0.1, 0.15) is 31.2 Å². The van der Waals surface area contributed by atoms with Crippen molar-refractivity contribution in [1.82, 2.24) is 9.62 Å². The fraction of sp³-hybridized carbons (Fsp3) is 0.562. The maximum Gasteiger partial charge on any atom is 0.241 e. The van der Waals surface area contributed by atoms with Gasteiger partial charge in [-0.25, -0.2) is 13.1 Å². The van der Waals surface area contributed by atoms with Crippen LogP contribution in [0.3, 0.4) is 0 Å². The molecule has 0 aromatic heterocycles. The molecule has 128 valence electrons. The van der Waals surface area contributed by atoms with Crippen molar-refractivity contribution in [3.05, 3.63) is 23.8 Å². The number of rotatable bonds is 5. The molecule has 0 radical (unpaired) electrons. The number of amides is 1. The van der Waals surface area contributed by atoms with Crippen molar-refractivity contribution < 1.29 is 17.9 Å². The molecule has 2 rings (SSSR count). The summed E-state index contributed by atoms with van der Waals surface area (Å²) in [6.07, 6.45) is 4.22. The lowest BCUT2D eigenvalue weighted by molar-refractivity contribution is -0.129. The van der Waals surface area contributed by atoms with Crippen molar-refractivity contribution in [2.24, 2.45) is 0 Å². The average molecular weight is 340 g/mol. The summed E-state index contributed by atoms with van der Waals surface area (Å²) in [6.45, 7) is 2.92. The van der Waals surface area contributed by atoms with Gasteiger partial charge in [-0.2, -0.15) is 0 Å². The van der Waals surface area contributed by atoms with Gasteiger partial charge in [0.2, 0.25) is 15.9 Å². The Labute approximate surface area is 137 Å². The molecule has 0 atom stereocenters. The van der Waals surface area contributed by atoms with Crippen LogP contribution in [0.15, 0.2) is 23.1 Å². The van der Waals surface area contributed by atoms with E-state index in [0.717, 1.165) is 25.7 Å². The Morgan fingerprint density at radius 1 is 1.22 bits per heavy atom. The highest BCUT2D eigenvalue weighted by molar-refractivity contribution is 7.89. The predicted octanol–water partition coefficient (Wildman–Crippen LogP) is 1.68. The summed E-state index contributed by atoms with van der Waals surface area (Å²) >= 11 is 0. The standard InChI is InChI=1S/C16H24N2O4S/c1-13-11-14(22-2)7-8-15(13)23(20,21)17-12-16(19)18-9-5-3-4-6-10-18/h7-8,11,17H,3-6,9-10,12H2,1-2H3. The highest BCUT2D eigenvalue weighted by atomic mass is 32.2. The summed E-state index contributed by atoms with van der Waals surface area (Å²) in [6, 6.07) is 4.75. The zero-order chi connectivity index (χ0) is 16.9. The topological polar surface area (TPSA) is 75.7 Å². The molecule has 1 aromatic carbocycles. The van der Waals surface area contributed by atoms with E-state index in [1.54, 1.807) is 24.0 Å². The second-order valence-corrected chi connectivity index (χ2v) is 7.49. The molecule has 0 unspecified atom stereocenters. The van der Waals surface area contributed by atoms with E-state index in [9.17, 15) is 13.2 Å². The Bertz CT molecular complexity index is 650. The molecule has 1 fully saturated rings. The number of methoxy groups -OCH3 is 1. The van der Waals surface area contributed by atoms with Crippen molar-refractivity contribution in [2.75, 3.05) is 26.7 Å². The van der Waals surface area contributed by atoms with Gasteiger partial charge in [0.25, 0.3) is 0 Å². The minimum absolute atomic E-state index is 0.165. The van der Waals surface area contributed by atoms with Gasteiger partial charge in [0.05, 0.1) is 18.6 Å². The summed E-state index contributed by atoms with van der Waals surface area (Å²) < 4.78 is 32.3. The number of likely N-dealkylation sites (tertiary alicyclic amines) is 1. The van der Waals surface area contributed by atoms with E-state index in [4.69, 9.17) is 4.74 Å². The van der Waals surface area contributed by atoms with Crippen molar-refractivity contribution in [1.29, 1.82) is 0 Å². The van der Waals surface area contributed by atoms with Crippen LogP contribution in [0.2, 0.25) is 0 Å². The molecule has 1 aliphatic heterocycles. The minimum Gasteiger partial charge on any atom is -0.497 e. The summed E-state index contributed by atoms with van der Waals surface area (Å²) in [5, 5.41) is 0. The van der Waals surface area contributed by atoms with Gasteiger partial charge >= 0.3 is 0 Å². The number of nitrogens with zero attached hydrogens (tertiary/aromatic N) is 1. The van der Waals surface area contributed by atoms with Crippen LogP contribution in [0.4, 0.5) is 0 Å². The van der Waals surface area contributed by atoms with Gasteiger partial charge in [0.15, 0.2) is 0 Å². The molecular formula is C16H24N2O4S. The maximum absolute atomic E-state index is 12.4. The number of aryl methyl sites for hydroxylation is 1. The molecule has 23 heavy (non-hydrogen) atoms. The Kier molecular flexibility index (Phi) is 6.01. The summed E-state index contributed by atoms with van der Waals surface area (Å²) in [7, 11) is -2.18. The van der Waals surface area contributed by atoms with Gasteiger partial charge in [-0.1, -0.05) is 12.8 Å². The smallest absolute Gasteiger partial charge is 0.241 e. The van der Waals surface area contributed by atoms with Crippen LogP contribution in [0.5, 0.6) is 5.75 Å². The summed E-state index contributed by atoms with van der Waals surface area (Å²) in [4.78, 5) is 14.1. The Morgan fingerprint density at radius 3 is 2.43 bits per heavy atom. The van der Waals surface area contributed by atoms with Gasteiger partial charge < -0.3 is 9.64 Å². The van der Waals surface area contributed by atoms with E-state index >= 15 is 0 Å². The monoisotopic (exact) mass is 340 g/mol. The first-order chi connectivity index (χ1) is 10.9. The fourth-order valence-electron chi connectivity index (χ4n) is 2.72. The normalized spacial score (nSPS) is 16.0. The maximum atomic E-state index is 12.4. The largest absolute Gasteiger partial charge is 0.497 e. The van der Waals surface area contributed by atoms with Gasteiger partial charge in [-0.05, 0) is 43.5 Å². The van der Waals surface area contributed by atoms with Crippen LogP contribution in [-0.2, 0) is 14.8 Å². The van der Waals surface area contributed by atoms with Crippen molar-refractivity contribution in [2.45, 2.75) is 37.5 Å². The van der Waals surface area contributed by atoms with E-state index in [-0.39, 0.29) is 17.3 Å². The van der Waals surface area contributed by atoms with Gasteiger partial charge in [0, 0.05) is 13.1 Å². The molecule has 1 saturated heterocycles. The molecule has 7 heteroatoms. The third-order valence-electron chi connectivity index (χ3n) is 4.04. The number of carbonyl (C=O) groups excluding carboxylic acids is 1. The third kappa shape index (κ3) is 4.68. The van der Waals surface area contributed by atoms with Crippen LogP contribution < -0.4 is 9.46 Å². The SMILES string of the molecule is COc1ccc(S(=O)(=O)NCC(=O)N2CCCCCC2)c(C)c1. The van der Waals surface area contributed by atoms with Gasteiger partial charge in [0.1, 0.15) is 5.75 Å². The third-order valence-corrected chi connectivity index (χ3v) is 5.61. The Balaban J connectivity index is 2.02. The van der Waals surface area contributed by atoms with Gasteiger partial charge in [-0.3, -0.25) is 4.79 Å². The van der Waals surface area contributed by atoms with Crippen LogP contribution in [-0.4, -0.2) is 46.0 Å². The van der Waals surface area contributed by atoms with E-state index in [0.29, 0.717) is 24.4 Å². The van der Waals surface area contributed by atoms with E-state index in [2.05, 4.69) is 4.72 Å². The van der Waals surface area contributed by atoms with Crippen molar-refractivity contribution in [3.63, 3.8) is 0 Å². The highest BCUT2D eigenvalue weighted by Gasteiger charge is 2.21. The molecule has 0 saturated carbocycles. The first-order valence-electron chi connectivity index (χ1n) is 7.86. The zero-order valence-corrected chi connectivity index (χ0v) is 14.5. The molecule has 6 nitrogen and oxygen atoms in total. The van der Waals surface area contributed by atoms with E-state index in [1.165, 1.54) is 13.2 Å². The molecule has 1 amide bonds. The molecule has 0 aliphatic carbocycles. The summed E-state index contributed by atoms with van der Waals surface area (Å²) in [5.74, 6) is 0.434. The van der Waals surface area contributed by atoms with Crippen molar-refractivity contribution in [3.8, 4) is 5.75 Å². The molecular weight excluding hydrogens is 316 g/mol. The average Bonchev–Trinajstić information content (AvgIpc) is 2.81. The number of benzene rings is 1. The Morgan fingerprint density at radius 2 is 1.87 bits per heavy atom. The number of hydrogen-bond acceptors (Lipinski definition) is 4. The van der Waals surface area contributed by atoms with Crippen molar-refractivity contribution >= 4 is 15.9 Å². The van der Waals surface area contributed by atoms with Crippen LogP contribution in [0, 0.1) is 6.92 Å². The number of nitrogens with one attached hydrogen (secondary N) is 1. The highest BCUT2D eigenvalue weighted by Crippen LogP contribution is 2.20. The lowest BCUT2D eigenvalue weighted by atomic mass is 10.2. The van der Waals surface area contributed by atoms with Crippen LogP contribution >= 0.6 is 0 Å². The number of hydrogen-bond donors (Lipinski definition) is 1. The molecule has 1 N–H and O–H groups in total. The lowest BCUT2D eigenvalue weighted by Gasteiger charge is -2.20.